The van der Waals surface area contributed by atoms with Gasteiger partial charge in [0.1, 0.15) is 5.75 Å². The Morgan fingerprint density at radius 2 is 2.12 bits per heavy atom. The molecule has 0 bridgehead atoms. The third-order valence-electron chi connectivity index (χ3n) is 1.95. The van der Waals surface area contributed by atoms with Crippen LogP contribution in [0.5, 0.6) is 11.6 Å². The lowest BCUT2D eigenvalue weighted by molar-refractivity contribution is 0.210. The van der Waals surface area contributed by atoms with Gasteiger partial charge in [-0.15, -0.1) is 0 Å². The molecule has 2 aromatic rings. The monoisotopic (exact) mass is 230 g/mol. The molecular weight excluding hydrogens is 220 g/mol. The molecule has 5 heteroatoms. The number of aromatic nitrogens is 1. The predicted molar refractivity (Wildman–Crippen MR) is 62.4 cm³/mol. The van der Waals surface area contributed by atoms with Crippen molar-refractivity contribution in [1.82, 2.24) is 4.98 Å². The Morgan fingerprint density at radius 3 is 2.82 bits per heavy atom. The van der Waals surface area contributed by atoms with E-state index in [-0.39, 0.29) is 0 Å². The first-order chi connectivity index (χ1) is 8.24. The third-order valence-corrected chi connectivity index (χ3v) is 1.95. The lowest BCUT2D eigenvalue weighted by Gasteiger charge is -2.06. The fourth-order valence-electron chi connectivity index (χ4n) is 1.29. The highest BCUT2D eigenvalue weighted by Crippen LogP contribution is 2.22. The molecule has 0 atom stereocenters. The van der Waals surface area contributed by atoms with Crippen LogP contribution in [0.4, 0.5) is 10.5 Å². The Bertz CT molecular complexity index is 514. The van der Waals surface area contributed by atoms with E-state index >= 15 is 0 Å². The summed E-state index contributed by atoms with van der Waals surface area (Å²) in [4.78, 5) is 14.5. The Morgan fingerprint density at radius 1 is 1.24 bits per heavy atom. The second-order valence-electron chi connectivity index (χ2n) is 3.23. The highest BCUT2D eigenvalue weighted by atomic mass is 16.5. The molecule has 2 N–H and O–H groups in total. The molecule has 0 aliphatic heterocycles. The van der Waals surface area contributed by atoms with Crippen molar-refractivity contribution in [2.24, 2.45) is 0 Å². The zero-order valence-corrected chi connectivity index (χ0v) is 8.83. The van der Waals surface area contributed by atoms with Crippen molar-refractivity contribution >= 4 is 11.8 Å². The third kappa shape index (κ3) is 3.20. The first-order valence-electron chi connectivity index (χ1n) is 4.93. The Kier molecular flexibility index (Phi) is 3.20. The molecule has 0 spiro atoms. The van der Waals surface area contributed by atoms with Crippen molar-refractivity contribution in [3.63, 3.8) is 0 Å². The van der Waals surface area contributed by atoms with Gasteiger partial charge in [0.25, 0.3) is 0 Å². The second-order valence-corrected chi connectivity index (χ2v) is 3.23. The first kappa shape index (κ1) is 10.9. The van der Waals surface area contributed by atoms with Crippen molar-refractivity contribution in [1.29, 1.82) is 0 Å². The van der Waals surface area contributed by atoms with Crippen LogP contribution in [0.15, 0.2) is 48.7 Å². The average molecular weight is 230 g/mol. The molecule has 1 heterocycles. The molecule has 1 aromatic carbocycles. The molecule has 0 saturated carbocycles. The Labute approximate surface area is 97.7 Å². The van der Waals surface area contributed by atoms with E-state index in [0.717, 1.165) is 0 Å². The number of ether oxygens (including phenoxy) is 1. The second kappa shape index (κ2) is 4.98. The van der Waals surface area contributed by atoms with Gasteiger partial charge in [0.15, 0.2) is 0 Å². The number of nitrogens with one attached hydrogen (secondary N) is 1. The highest BCUT2D eigenvalue weighted by Gasteiger charge is 2.01. The quantitative estimate of drug-likeness (QED) is 0.850. The van der Waals surface area contributed by atoms with E-state index in [1.165, 1.54) is 0 Å². The van der Waals surface area contributed by atoms with Gasteiger partial charge in [0, 0.05) is 24.0 Å². The van der Waals surface area contributed by atoms with Crippen molar-refractivity contribution in [3.8, 4) is 11.6 Å². The molecule has 86 valence electrons. The Hall–Kier alpha value is -2.56. The maximum absolute atomic E-state index is 10.5. The summed E-state index contributed by atoms with van der Waals surface area (Å²) in [6.45, 7) is 0. The lowest BCUT2D eigenvalue weighted by Crippen LogP contribution is -2.06. The fourth-order valence-corrected chi connectivity index (χ4v) is 1.29. The SMILES string of the molecule is O=C(O)Nc1cccc(Oc2ccccn2)c1. The zero-order valence-electron chi connectivity index (χ0n) is 8.83. The van der Waals surface area contributed by atoms with Crippen LogP contribution in [0.1, 0.15) is 0 Å². The molecule has 0 aliphatic rings. The zero-order chi connectivity index (χ0) is 12.1. The summed E-state index contributed by atoms with van der Waals surface area (Å²) in [5, 5.41) is 10.8. The molecule has 1 amide bonds. The van der Waals surface area contributed by atoms with E-state index in [4.69, 9.17) is 9.84 Å². The number of nitrogens with zero attached hydrogens (tertiary/aromatic N) is 1. The summed E-state index contributed by atoms with van der Waals surface area (Å²) in [6.07, 6.45) is 0.509. The van der Waals surface area contributed by atoms with Gasteiger partial charge in [-0.05, 0) is 18.2 Å². The van der Waals surface area contributed by atoms with Crippen LogP contribution in [0.2, 0.25) is 0 Å². The van der Waals surface area contributed by atoms with Crippen LogP contribution < -0.4 is 10.1 Å². The molecule has 17 heavy (non-hydrogen) atoms. The van der Waals surface area contributed by atoms with Crippen LogP contribution in [0.3, 0.4) is 0 Å². The van der Waals surface area contributed by atoms with Gasteiger partial charge in [-0.2, -0.15) is 0 Å². The van der Waals surface area contributed by atoms with Gasteiger partial charge in [0.05, 0.1) is 0 Å². The Balaban J connectivity index is 2.14. The maximum atomic E-state index is 10.5. The molecule has 0 saturated heterocycles. The van der Waals surface area contributed by atoms with Crippen LogP contribution >= 0.6 is 0 Å². The standard InChI is InChI=1S/C12H10N2O3/c15-12(16)14-9-4-3-5-10(8-9)17-11-6-1-2-7-13-11/h1-8,14H,(H,15,16). The number of carboxylic acid groups (broad SMARTS) is 1. The molecule has 0 fully saturated rings. The summed E-state index contributed by atoms with van der Waals surface area (Å²) in [6, 6.07) is 12.0. The largest absolute Gasteiger partial charge is 0.465 e. The van der Waals surface area contributed by atoms with Crippen molar-refractivity contribution < 1.29 is 14.6 Å². The van der Waals surface area contributed by atoms with E-state index in [0.29, 0.717) is 17.3 Å². The van der Waals surface area contributed by atoms with Crippen LogP contribution in [0.25, 0.3) is 0 Å². The van der Waals surface area contributed by atoms with Crippen molar-refractivity contribution in [3.05, 3.63) is 48.7 Å². The van der Waals surface area contributed by atoms with Crippen molar-refractivity contribution in [2.45, 2.75) is 0 Å². The maximum Gasteiger partial charge on any atom is 0.409 e. The summed E-state index contributed by atoms with van der Waals surface area (Å²) in [7, 11) is 0. The van der Waals surface area contributed by atoms with Gasteiger partial charge >= 0.3 is 6.09 Å². The lowest BCUT2D eigenvalue weighted by atomic mass is 10.3. The van der Waals surface area contributed by atoms with E-state index in [2.05, 4.69) is 10.3 Å². The molecule has 0 radical (unpaired) electrons. The number of anilines is 1. The van der Waals surface area contributed by atoms with Gasteiger partial charge in [-0.3, -0.25) is 5.32 Å². The summed E-state index contributed by atoms with van der Waals surface area (Å²) in [5.41, 5.74) is 0.450. The number of hydrogen-bond donors (Lipinski definition) is 2. The number of rotatable bonds is 3. The minimum Gasteiger partial charge on any atom is -0.465 e. The topological polar surface area (TPSA) is 71.5 Å². The van der Waals surface area contributed by atoms with E-state index < -0.39 is 6.09 Å². The van der Waals surface area contributed by atoms with Crippen LogP contribution in [-0.2, 0) is 0 Å². The molecule has 1 aromatic heterocycles. The van der Waals surface area contributed by atoms with Gasteiger partial charge < -0.3 is 9.84 Å². The summed E-state index contributed by atoms with van der Waals surface area (Å²) >= 11 is 0. The first-order valence-corrected chi connectivity index (χ1v) is 4.93. The molecule has 5 nitrogen and oxygen atoms in total. The molecule has 2 rings (SSSR count). The number of pyridine rings is 1. The van der Waals surface area contributed by atoms with E-state index in [1.807, 2.05) is 6.07 Å². The summed E-state index contributed by atoms with van der Waals surface area (Å²) in [5.74, 6) is 0.981. The van der Waals surface area contributed by atoms with Crippen LogP contribution in [-0.4, -0.2) is 16.2 Å². The number of carbonyl (C=O) groups is 1. The normalized spacial score (nSPS) is 9.65. The minimum atomic E-state index is -1.11. The van der Waals surface area contributed by atoms with Crippen LogP contribution in [0, 0.1) is 0 Å². The predicted octanol–water partition coefficient (Wildman–Crippen LogP) is 2.96. The van der Waals surface area contributed by atoms with Gasteiger partial charge in [-0.1, -0.05) is 12.1 Å². The van der Waals surface area contributed by atoms with E-state index in [1.54, 1.807) is 42.6 Å². The smallest absolute Gasteiger partial charge is 0.409 e. The summed E-state index contributed by atoms with van der Waals surface area (Å²) < 4.78 is 5.46. The van der Waals surface area contributed by atoms with Crippen molar-refractivity contribution in [2.75, 3.05) is 5.32 Å². The molecular formula is C12H10N2O3. The number of benzene rings is 1. The van der Waals surface area contributed by atoms with Gasteiger partial charge in [0.2, 0.25) is 5.88 Å². The average Bonchev–Trinajstić information content (AvgIpc) is 2.30. The van der Waals surface area contributed by atoms with Gasteiger partial charge in [-0.25, -0.2) is 9.78 Å². The fraction of sp³-hybridized carbons (Fsp3) is 0. The number of amides is 1. The highest BCUT2D eigenvalue weighted by molar-refractivity contribution is 5.83. The minimum absolute atomic E-state index is 0.450. The van der Waals surface area contributed by atoms with E-state index in [9.17, 15) is 4.79 Å². The molecule has 0 unspecified atom stereocenters. The molecule has 0 aliphatic carbocycles. The number of hydrogen-bond acceptors (Lipinski definition) is 3.